The number of nitrogens with one attached hydrogen (secondary N) is 1. The Hall–Kier alpha value is -2.55. The molecule has 1 aromatic heterocycles. The van der Waals surface area contributed by atoms with Crippen molar-refractivity contribution in [1.29, 1.82) is 0 Å². The molecule has 0 bridgehead atoms. The van der Waals surface area contributed by atoms with Crippen LogP contribution in [0.5, 0.6) is 0 Å². The molecule has 0 saturated heterocycles. The average Bonchev–Trinajstić information content (AvgIpc) is 2.97. The van der Waals surface area contributed by atoms with E-state index in [2.05, 4.69) is 36.5 Å². The summed E-state index contributed by atoms with van der Waals surface area (Å²) in [6.07, 6.45) is 3.01. The highest BCUT2D eigenvalue weighted by Gasteiger charge is 2.11. The Morgan fingerprint density at radius 2 is 1.91 bits per heavy atom. The number of aryl methyl sites for hydroxylation is 1. The van der Waals surface area contributed by atoms with Crippen LogP contribution in [-0.4, -0.2) is 10.5 Å². The number of fused-ring (bicyclic) bond motifs is 1. The second kappa shape index (κ2) is 6.69. The summed E-state index contributed by atoms with van der Waals surface area (Å²) in [6.45, 7) is 4.50. The standard InChI is InChI=1S/C20H22N2O/c1-3-16-9-10-19-18(13-16)11-12-22(19)14-20(23)21-15(2)17-7-5-4-6-8-17/h4-13,15H,3,14H2,1-2H3,(H,21,23). The van der Waals surface area contributed by atoms with Gasteiger partial charge >= 0.3 is 0 Å². The summed E-state index contributed by atoms with van der Waals surface area (Å²) < 4.78 is 2.00. The Morgan fingerprint density at radius 1 is 1.13 bits per heavy atom. The van der Waals surface area contributed by atoms with Crippen molar-refractivity contribution >= 4 is 16.8 Å². The Bertz CT molecular complexity index is 805. The predicted molar refractivity (Wildman–Crippen MR) is 94.3 cm³/mol. The molecule has 0 aliphatic rings. The molecule has 1 N–H and O–H groups in total. The van der Waals surface area contributed by atoms with Crippen molar-refractivity contribution in [2.75, 3.05) is 0 Å². The summed E-state index contributed by atoms with van der Waals surface area (Å²) in [6, 6.07) is 18.5. The van der Waals surface area contributed by atoms with Crippen molar-refractivity contribution in [1.82, 2.24) is 9.88 Å². The van der Waals surface area contributed by atoms with E-state index in [1.807, 2.05) is 48.0 Å². The van der Waals surface area contributed by atoms with E-state index in [0.29, 0.717) is 6.54 Å². The Labute approximate surface area is 136 Å². The van der Waals surface area contributed by atoms with Gasteiger partial charge in [0.1, 0.15) is 6.54 Å². The van der Waals surface area contributed by atoms with E-state index < -0.39 is 0 Å². The van der Waals surface area contributed by atoms with Gasteiger partial charge in [0.05, 0.1) is 6.04 Å². The van der Waals surface area contributed by atoms with Crippen molar-refractivity contribution in [2.24, 2.45) is 0 Å². The van der Waals surface area contributed by atoms with Crippen LogP contribution in [0, 0.1) is 0 Å². The third kappa shape index (κ3) is 3.45. The minimum atomic E-state index is 0.0113. The monoisotopic (exact) mass is 306 g/mol. The minimum Gasteiger partial charge on any atom is -0.348 e. The van der Waals surface area contributed by atoms with Gasteiger partial charge < -0.3 is 9.88 Å². The summed E-state index contributed by atoms with van der Waals surface area (Å²) >= 11 is 0. The van der Waals surface area contributed by atoms with Gasteiger partial charge in [-0.1, -0.05) is 43.3 Å². The van der Waals surface area contributed by atoms with Gasteiger partial charge in [0.25, 0.3) is 0 Å². The fraction of sp³-hybridized carbons (Fsp3) is 0.250. The first-order valence-electron chi connectivity index (χ1n) is 8.09. The second-order valence-corrected chi connectivity index (χ2v) is 5.89. The molecule has 1 amide bonds. The minimum absolute atomic E-state index is 0.0113. The maximum Gasteiger partial charge on any atom is 0.240 e. The number of benzene rings is 2. The SMILES string of the molecule is CCc1ccc2c(ccn2CC(=O)NC(C)c2ccccc2)c1. The topological polar surface area (TPSA) is 34.0 Å². The molecule has 1 unspecified atom stereocenters. The van der Waals surface area contributed by atoms with Crippen LogP contribution in [-0.2, 0) is 17.8 Å². The molecule has 0 aliphatic carbocycles. The Kier molecular flexibility index (Phi) is 4.47. The van der Waals surface area contributed by atoms with Crippen molar-refractivity contribution < 1.29 is 4.79 Å². The predicted octanol–water partition coefficient (Wildman–Crippen LogP) is 4.08. The van der Waals surface area contributed by atoms with Gasteiger partial charge in [-0.25, -0.2) is 0 Å². The summed E-state index contributed by atoms with van der Waals surface area (Å²) in [4.78, 5) is 12.3. The van der Waals surface area contributed by atoms with E-state index in [9.17, 15) is 4.79 Å². The Balaban J connectivity index is 1.71. The van der Waals surface area contributed by atoms with E-state index >= 15 is 0 Å². The highest BCUT2D eigenvalue weighted by molar-refractivity contribution is 5.84. The molecule has 1 atom stereocenters. The van der Waals surface area contributed by atoms with Gasteiger partial charge in [-0.3, -0.25) is 4.79 Å². The molecular weight excluding hydrogens is 284 g/mol. The fourth-order valence-electron chi connectivity index (χ4n) is 2.87. The molecule has 0 spiro atoms. The van der Waals surface area contributed by atoms with Gasteiger partial charge in [0, 0.05) is 11.7 Å². The van der Waals surface area contributed by atoms with Crippen molar-refractivity contribution in [2.45, 2.75) is 32.9 Å². The highest BCUT2D eigenvalue weighted by Crippen LogP contribution is 2.18. The van der Waals surface area contributed by atoms with E-state index in [0.717, 1.165) is 17.5 Å². The first kappa shape index (κ1) is 15.3. The number of rotatable bonds is 5. The van der Waals surface area contributed by atoms with Gasteiger partial charge in [0.15, 0.2) is 0 Å². The van der Waals surface area contributed by atoms with Crippen molar-refractivity contribution in [3.05, 3.63) is 71.9 Å². The van der Waals surface area contributed by atoms with Crippen LogP contribution in [0.25, 0.3) is 10.9 Å². The first-order chi connectivity index (χ1) is 11.2. The lowest BCUT2D eigenvalue weighted by molar-refractivity contribution is -0.122. The molecule has 0 radical (unpaired) electrons. The van der Waals surface area contributed by atoms with Crippen LogP contribution in [0.2, 0.25) is 0 Å². The number of carbonyl (C=O) groups excluding carboxylic acids is 1. The highest BCUT2D eigenvalue weighted by atomic mass is 16.2. The van der Waals surface area contributed by atoms with Gasteiger partial charge in [0.2, 0.25) is 5.91 Å². The normalized spacial score (nSPS) is 12.3. The molecule has 23 heavy (non-hydrogen) atoms. The summed E-state index contributed by atoms with van der Waals surface area (Å²) in [5, 5.41) is 4.25. The smallest absolute Gasteiger partial charge is 0.240 e. The van der Waals surface area contributed by atoms with Gasteiger partial charge in [-0.15, -0.1) is 0 Å². The zero-order chi connectivity index (χ0) is 16.2. The number of hydrogen-bond acceptors (Lipinski definition) is 1. The zero-order valence-corrected chi connectivity index (χ0v) is 13.6. The third-order valence-corrected chi connectivity index (χ3v) is 4.23. The second-order valence-electron chi connectivity index (χ2n) is 5.89. The molecular formula is C20H22N2O. The van der Waals surface area contributed by atoms with Crippen molar-refractivity contribution in [3.8, 4) is 0 Å². The molecule has 3 rings (SSSR count). The molecule has 118 valence electrons. The average molecular weight is 306 g/mol. The van der Waals surface area contributed by atoms with Crippen LogP contribution < -0.4 is 5.32 Å². The first-order valence-corrected chi connectivity index (χ1v) is 8.09. The van der Waals surface area contributed by atoms with E-state index in [1.54, 1.807) is 0 Å². The van der Waals surface area contributed by atoms with Crippen molar-refractivity contribution in [3.63, 3.8) is 0 Å². The quantitative estimate of drug-likeness (QED) is 0.757. The number of hydrogen-bond donors (Lipinski definition) is 1. The van der Waals surface area contributed by atoms with Crippen LogP contribution in [0.3, 0.4) is 0 Å². The molecule has 3 heteroatoms. The lowest BCUT2D eigenvalue weighted by Crippen LogP contribution is -2.29. The molecule has 0 fully saturated rings. The summed E-state index contributed by atoms with van der Waals surface area (Å²) in [5.74, 6) is 0.0263. The van der Waals surface area contributed by atoms with E-state index in [1.165, 1.54) is 10.9 Å². The van der Waals surface area contributed by atoms with Gasteiger partial charge in [-0.05, 0) is 48.1 Å². The zero-order valence-electron chi connectivity index (χ0n) is 13.6. The summed E-state index contributed by atoms with van der Waals surface area (Å²) in [5.41, 5.74) is 3.54. The lowest BCUT2D eigenvalue weighted by Gasteiger charge is -2.15. The van der Waals surface area contributed by atoms with Crippen LogP contribution in [0.1, 0.15) is 31.0 Å². The molecule has 3 nitrogen and oxygen atoms in total. The van der Waals surface area contributed by atoms with Crippen LogP contribution in [0.15, 0.2) is 60.8 Å². The lowest BCUT2D eigenvalue weighted by atomic mass is 10.1. The molecule has 1 heterocycles. The van der Waals surface area contributed by atoms with Gasteiger partial charge in [-0.2, -0.15) is 0 Å². The number of amides is 1. The number of nitrogens with zero attached hydrogens (tertiary/aromatic N) is 1. The maximum absolute atomic E-state index is 12.3. The number of carbonyl (C=O) groups is 1. The molecule has 0 aliphatic heterocycles. The molecule has 0 saturated carbocycles. The largest absolute Gasteiger partial charge is 0.348 e. The van der Waals surface area contributed by atoms with Crippen LogP contribution >= 0.6 is 0 Å². The maximum atomic E-state index is 12.3. The fourth-order valence-corrected chi connectivity index (χ4v) is 2.87. The van der Waals surface area contributed by atoms with E-state index in [4.69, 9.17) is 0 Å². The van der Waals surface area contributed by atoms with Crippen LogP contribution in [0.4, 0.5) is 0 Å². The third-order valence-electron chi connectivity index (χ3n) is 4.23. The van der Waals surface area contributed by atoms with E-state index in [-0.39, 0.29) is 11.9 Å². The number of aromatic nitrogens is 1. The molecule has 3 aromatic rings. The molecule has 2 aromatic carbocycles. The Morgan fingerprint density at radius 3 is 2.65 bits per heavy atom. The summed E-state index contributed by atoms with van der Waals surface area (Å²) in [7, 11) is 0.